The molecule has 0 saturated carbocycles. The largest absolute Gasteiger partial charge is 0.481 e. The Morgan fingerprint density at radius 3 is 2.63 bits per heavy atom. The van der Waals surface area contributed by atoms with Gasteiger partial charge in [0.25, 0.3) is 0 Å². The molecule has 0 spiro atoms. The Kier molecular flexibility index (Phi) is 5.94. The molecule has 0 aliphatic heterocycles. The first-order valence-electron chi connectivity index (χ1n) is 8.59. The third-order valence-corrected chi connectivity index (χ3v) is 3.81. The zero-order valence-electron chi connectivity index (χ0n) is 14.9. The molecule has 2 aromatic heterocycles. The van der Waals surface area contributed by atoms with E-state index >= 15 is 0 Å². The second-order valence-electron chi connectivity index (χ2n) is 5.87. The number of pyridine rings is 1. The van der Waals surface area contributed by atoms with Crippen LogP contribution in [-0.2, 0) is 4.79 Å². The fraction of sp³-hybridized carbons (Fsp3) is 0.200. The van der Waals surface area contributed by atoms with Crippen LogP contribution in [0.15, 0.2) is 60.8 Å². The van der Waals surface area contributed by atoms with Crippen LogP contribution in [0, 0.1) is 0 Å². The Morgan fingerprint density at radius 2 is 1.93 bits per heavy atom. The lowest BCUT2D eigenvalue weighted by molar-refractivity contribution is -0.136. The van der Waals surface area contributed by atoms with E-state index in [9.17, 15) is 4.79 Å². The zero-order chi connectivity index (χ0) is 19.1. The van der Waals surface area contributed by atoms with Crippen molar-refractivity contribution in [2.75, 3.05) is 11.9 Å². The van der Waals surface area contributed by atoms with Crippen LogP contribution in [0.1, 0.15) is 25.0 Å². The van der Waals surface area contributed by atoms with Crippen LogP contribution in [0.2, 0.25) is 0 Å². The predicted molar refractivity (Wildman–Crippen MR) is 101 cm³/mol. The maximum atomic E-state index is 10.7. The summed E-state index contributed by atoms with van der Waals surface area (Å²) in [6.07, 6.45) is 1.44. The summed E-state index contributed by atoms with van der Waals surface area (Å²) in [4.78, 5) is 23.9. The molecule has 0 fully saturated rings. The molecule has 0 aliphatic carbocycles. The number of anilines is 1. The minimum atomic E-state index is -0.879. The van der Waals surface area contributed by atoms with Crippen LogP contribution in [0.5, 0.6) is 5.88 Å². The number of hydrogen-bond acceptors (Lipinski definition) is 6. The van der Waals surface area contributed by atoms with Crippen molar-refractivity contribution in [1.82, 2.24) is 15.0 Å². The minimum absolute atomic E-state index is 0.0144. The Balaban J connectivity index is 1.86. The Hall–Kier alpha value is -3.48. The number of ether oxygens (including phenoxy) is 1. The third-order valence-electron chi connectivity index (χ3n) is 3.81. The van der Waals surface area contributed by atoms with Crippen molar-refractivity contribution >= 4 is 11.8 Å². The number of rotatable bonds is 8. The lowest BCUT2D eigenvalue weighted by Gasteiger charge is -2.16. The first kappa shape index (κ1) is 18.3. The van der Waals surface area contributed by atoms with Crippen molar-refractivity contribution in [3.05, 3.63) is 66.4 Å². The highest BCUT2D eigenvalue weighted by Crippen LogP contribution is 2.24. The van der Waals surface area contributed by atoms with E-state index in [-0.39, 0.29) is 19.1 Å². The van der Waals surface area contributed by atoms with E-state index in [1.807, 2.05) is 49.4 Å². The molecule has 0 radical (unpaired) electrons. The lowest BCUT2D eigenvalue weighted by Crippen LogP contribution is -2.11. The van der Waals surface area contributed by atoms with Crippen LogP contribution in [0.4, 0.5) is 5.82 Å². The first-order chi connectivity index (χ1) is 13.1. The molecule has 2 heterocycles. The summed E-state index contributed by atoms with van der Waals surface area (Å²) in [5.74, 6) is 0.406. The number of nitrogens with one attached hydrogen (secondary N) is 1. The van der Waals surface area contributed by atoms with Gasteiger partial charge in [-0.3, -0.25) is 9.78 Å². The van der Waals surface area contributed by atoms with Gasteiger partial charge in [0, 0.05) is 18.8 Å². The lowest BCUT2D eigenvalue weighted by atomic mass is 10.1. The Morgan fingerprint density at radius 1 is 1.15 bits per heavy atom. The van der Waals surface area contributed by atoms with Crippen molar-refractivity contribution < 1.29 is 14.6 Å². The first-order valence-corrected chi connectivity index (χ1v) is 8.59. The molecule has 1 unspecified atom stereocenters. The van der Waals surface area contributed by atoms with E-state index in [2.05, 4.69) is 20.3 Å². The van der Waals surface area contributed by atoms with E-state index in [0.717, 1.165) is 5.56 Å². The second kappa shape index (κ2) is 8.75. The molecule has 1 atom stereocenters. The molecule has 7 nitrogen and oxygen atoms in total. The Labute approximate surface area is 157 Å². The van der Waals surface area contributed by atoms with E-state index in [0.29, 0.717) is 23.2 Å². The van der Waals surface area contributed by atoms with E-state index < -0.39 is 5.97 Å². The third kappa shape index (κ3) is 5.24. The zero-order valence-corrected chi connectivity index (χ0v) is 14.9. The molecule has 0 bridgehead atoms. The van der Waals surface area contributed by atoms with Gasteiger partial charge in [0.05, 0.1) is 6.42 Å². The number of aromatic nitrogens is 3. The van der Waals surface area contributed by atoms with E-state index in [4.69, 9.17) is 9.84 Å². The maximum Gasteiger partial charge on any atom is 0.305 e. The maximum absolute atomic E-state index is 10.7. The van der Waals surface area contributed by atoms with Crippen molar-refractivity contribution in [2.24, 2.45) is 0 Å². The number of benzene rings is 1. The van der Waals surface area contributed by atoms with Crippen molar-refractivity contribution in [2.45, 2.75) is 19.4 Å². The second-order valence-corrected chi connectivity index (χ2v) is 5.87. The van der Waals surface area contributed by atoms with Crippen molar-refractivity contribution in [3.8, 4) is 17.4 Å². The molecule has 3 aromatic rings. The Bertz CT molecular complexity index is 888. The van der Waals surface area contributed by atoms with Crippen molar-refractivity contribution in [3.63, 3.8) is 0 Å². The molecule has 138 valence electrons. The van der Waals surface area contributed by atoms with Crippen LogP contribution in [0.25, 0.3) is 11.5 Å². The molecule has 0 saturated heterocycles. The van der Waals surface area contributed by atoms with Crippen LogP contribution in [0.3, 0.4) is 0 Å². The number of carbonyl (C=O) groups is 1. The quantitative estimate of drug-likeness (QED) is 0.630. The van der Waals surface area contributed by atoms with Crippen LogP contribution in [-0.4, -0.2) is 32.6 Å². The molecule has 0 aliphatic rings. The van der Waals surface area contributed by atoms with Gasteiger partial charge in [0.15, 0.2) is 5.82 Å². The monoisotopic (exact) mass is 364 g/mol. The molecule has 0 amide bonds. The van der Waals surface area contributed by atoms with E-state index in [1.165, 1.54) is 0 Å². The summed E-state index contributed by atoms with van der Waals surface area (Å²) in [5, 5.41) is 11.8. The molecular weight excluding hydrogens is 344 g/mol. The van der Waals surface area contributed by atoms with E-state index in [1.54, 1.807) is 18.3 Å². The highest BCUT2D eigenvalue weighted by Gasteiger charge is 2.13. The number of nitrogens with zero attached hydrogens (tertiary/aromatic N) is 3. The molecule has 3 rings (SSSR count). The number of hydrogen-bond donors (Lipinski definition) is 2. The normalized spacial score (nSPS) is 11.6. The number of aliphatic carboxylic acids is 1. The average molecular weight is 364 g/mol. The summed E-state index contributed by atoms with van der Waals surface area (Å²) < 4.78 is 6.00. The van der Waals surface area contributed by atoms with Gasteiger partial charge in [-0.2, -0.15) is 4.98 Å². The van der Waals surface area contributed by atoms with Gasteiger partial charge in [0.2, 0.25) is 5.88 Å². The van der Waals surface area contributed by atoms with Gasteiger partial charge in [0.1, 0.15) is 17.6 Å². The van der Waals surface area contributed by atoms with Crippen molar-refractivity contribution in [1.29, 1.82) is 0 Å². The number of carboxylic acid groups (broad SMARTS) is 1. The SMILES string of the molecule is CC(Oc1cc(NCCC(=O)O)nc(-c2ccccn2)n1)c1ccccc1. The van der Waals surface area contributed by atoms with Crippen LogP contribution >= 0.6 is 0 Å². The smallest absolute Gasteiger partial charge is 0.305 e. The fourth-order valence-corrected chi connectivity index (χ4v) is 2.46. The topological polar surface area (TPSA) is 97.2 Å². The predicted octanol–water partition coefficient (Wildman–Crippen LogP) is 3.57. The summed E-state index contributed by atoms with van der Waals surface area (Å²) in [5.41, 5.74) is 1.63. The van der Waals surface area contributed by atoms with Gasteiger partial charge in [-0.15, -0.1) is 0 Å². The van der Waals surface area contributed by atoms with Gasteiger partial charge >= 0.3 is 5.97 Å². The fourth-order valence-electron chi connectivity index (χ4n) is 2.46. The summed E-state index contributed by atoms with van der Waals surface area (Å²) in [6.45, 7) is 2.19. The van der Waals surface area contributed by atoms with Gasteiger partial charge in [-0.1, -0.05) is 36.4 Å². The van der Waals surface area contributed by atoms with Gasteiger partial charge < -0.3 is 15.2 Å². The summed E-state index contributed by atoms with van der Waals surface area (Å²) in [6, 6.07) is 16.9. The van der Waals surface area contributed by atoms with Gasteiger partial charge in [-0.05, 0) is 24.6 Å². The highest BCUT2D eigenvalue weighted by atomic mass is 16.5. The highest BCUT2D eigenvalue weighted by molar-refractivity contribution is 5.67. The molecular formula is C20H20N4O3. The standard InChI is InChI=1S/C20H20N4O3/c1-14(15-7-3-2-4-8-15)27-18-13-17(22-12-10-19(25)26)23-20(24-18)16-9-5-6-11-21-16/h2-9,11,13-14H,10,12H2,1H3,(H,25,26)(H,22,23,24). The minimum Gasteiger partial charge on any atom is -0.481 e. The molecule has 7 heteroatoms. The number of carboxylic acids is 1. The molecule has 27 heavy (non-hydrogen) atoms. The van der Waals surface area contributed by atoms with Gasteiger partial charge in [-0.25, -0.2) is 4.98 Å². The average Bonchev–Trinajstić information content (AvgIpc) is 2.69. The molecule has 1 aromatic carbocycles. The summed E-state index contributed by atoms with van der Waals surface area (Å²) >= 11 is 0. The summed E-state index contributed by atoms with van der Waals surface area (Å²) in [7, 11) is 0. The van der Waals surface area contributed by atoms with Crippen LogP contribution < -0.4 is 10.1 Å². The molecule has 2 N–H and O–H groups in total.